The number of carbonyl (C=O) groups excluding carboxylic acids is 3. The fourth-order valence-corrected chi connectivity index (χ4v) is 4.13. The molecule has 1 aliphatic rings. The maximum Gasteiger partial charge on any atom is 0.335 e. The number of para-hydroxylation sites is 1. The zero-order chi connectivity index (χ0) is 23.8. The van der Waals surface area contributed by atoms with Gasteiger partial charge in [0.25, 0.3) is 11.8 Å². The zero-order valence-electron chi connectivity index (χ0n) is 18.3. The molecule has 4 amide bonds. The van der Waals surface area contributed by atoms with Crippen LogP contribution in [0.5, 0.6) is 0 Å². The van der Waals surface area contributed by atoms with E-state index < -0.39 is 23.7 Å². The maximum atomic E-state index is 13.3. The molecule has 2 heterocycles. The minimum Gasteiger partial charge on any atom is -0.342 e. The Kier molecular flexibility index (Phi) is 5.30. The van der Waals surface area contributed by atoms with Crippen LogP contribution in [-0.4, -0.2) is 22.4 Å². The van der Waals surface area contributed by atoms with Gasteiger partial charge in [-0.15, -0.1) is 0 Å². The third-order valence-electron chi connectivity index (χ3n) is 5.91. The van der Waals surface area contributed by atoms with Gasteiger partial charge in [-0.3, -0.25) is 14.9 Å². The van der Waals surface area contributed by atoms with Gasteiger partial charge in [-0.2, -0.15) is 0 Å². The third kappa shape index (κ3) is 3.77. The Morgan fingerprint density at radius 2 is 1.62 bits per heavy atom. The molecule has 0 saturated carbocycles. The van der Waals surface area contributed by atoms with Gasteiger partial charge in [0.05, 0.1) is 5.69 Å². The number of rotatable bonds is 4. The van der Waals surface area contributed by atoms with Crippen molar-refractivity contribution in [2.24, 2.45) is 0 Å². The zero-order valence-corrected chi connectivity index (χ0v) is 18.3. The van der Waals surface area contributed by atoms with E-state index in [1.807, 2.05) is 42.6 Å². The molecule has 3 aromatic carbocycles. The average molecular weight is 453 g/mol. The maximum absolute atomic E-state index is 13.3. The van der Waals surface area contributed by atoms with E-state index in [4.69, 9.17) is 0 Å². The highest BCUT2D eigenvalue weighted by atomic mass is 19.1. The highest BCUT2D eigenvalue weighted by Crippen LogP contribution is 2.27. The van der Waals surface area contributed by atoms with Crippen LogP contribution in [0.3, 0.4) is 0 Å². The minimum absolute atomic E-state index is 0.171. The van der Waals surface area contributed by atoms with Crippen molar-refractivity contribution in [1.29, 1.82) is 0 Å². The topological polar surface area (TPSA) is 71.4 Å². The number of amides is 4. The second kappa shape index (κ2) is 8.44. The monoisotopic (exact) mass is 453 g/mol. The smallest absolute Gasteiger partial charge is 0.335 e. The molecule has 7 heteroatoms. The predicted octanol–water partition coefficient (Wildman–Crippen LogP) is 4.80. The molecule has 1 fully saturated rings. The number of fused-ring (bicyclic) bond motifs is 1. The van der Waals surface area contributed by atoms with Crippen molar-refractivity contribution >= 4 is 40.5 Å². The Morgan fingerprint density at radius 3 is 2.38 bits per heavy atom. The molecule has 0 atom stereocenters. The molecule has 1 aromatic heterocycles. The summed E-state index contributed by atoms with van der Waals surface area (Å²) in [4.78, 5) is 39.0. The second-order valence-electron chi connectivity index (χ2n) is 8.09. The fourth-order valence-electron chi connectivity index (χ4n) is 4.13. The summed E-state index contributed by atoms with van der Waals surface area (Å²) in [6.07, 6.45) is 3.39. The summed E-state index contributed by atoms with van der Waals surface area (Å²) < 4.78 is 15.4. The average Bonchev–Trinajstić information content (AvgIpc) is 3.16. The van der Waals surface area contributed by atoms with Crippen LogP contribution in [0.25, 0.3) is 17.0 Å². The number of nitrogens with one attached hydrogen (secondary N) is 1. The highest BCUT2D eigenvalue weighted by molar-refractivity contribution is 6.39. The lowest BCUT2D eigenvalue weighted by Gasteiger charge is -2.26. The first kappa shape index (κ1) is 21.3. The Morgan fingerprint density at radius 1 is 0.912 bits per heavy atom. The SMILES string of the molecule is Cc1ccccc1Cn1cc(/C=C2/C(=O)NC(=O)N(c3ccc(F)cc3)C2=O)c2ccccc21. The van der Waals surface area contributed by atoms with Crippen molar-refractivity contribution in [3.8, 4) is 0 Å². The van der Waals surface area contributed by atoms with Crippen LogP contribution in [-0.2, 0) is 16.1 Å². The number of halogens is 1. The summed E-state index contributed by atoms with van der Waals surface area (Å²) in [6.45, 7) is 2.67. The van der Waals surface area contributed by atoms with Crippen LogP contribution in [0, 0.1) is 12.7 Å². The number of aryl methyl sites for hydroxylation is 1. The van der Waals surface area contributed by atoms with Gasteiger partial charge in [-0.1, -0.05) is 42.5 Å². The number of carbonyl (C=O) groups is 3. The number of hydrogen-bond acceptors (Lipinski definition) is 3. The summed E-state index contributed by atoms with van der Waals surface area (Å²) in [5.41, 5.74) is 3.94. The van der Waals surface area contributed by atoms with Crippen LogP contribution < -0.4 is 10.2 Å². The molecule has 6 nitrogen and oxygen atoms in total. The van der Waals surface area contributed by atoms with Crippen LogP contribution in [0.4, 0.5) is 14.9 Å². The number of nitrogens with zero attached hydrogens (tertiary/aromatic N) is 2. The van der Waals surface area contributed by atoms with Crippen molar-refractivity contribution in [1.82, 2.24) is 9.88 Å². The minimum atomic E-state index is -0.874. The number of benzene rings is 3. The van der Waals surface area contributed by atoms with Crippen molar-refractivity contribution in [2.75, 3.05) is 4.90 Å². The van der Waals surface area contributed by atoms with Crippen LogP contribution in [0.1, 0.15) is 16.7 Å². The predicted molar refractivity (Wildman–Crippen MR) is 128 cm³/mol. The quantitative estimate of drug-likeness (QED) is 0.356. The molecule has 168 valence electrons. The van der Waals surface area contributed by atoms with Crippen molar-refractivity contribution in [3.63, 3.8) is 0 Å². The lowest BCUT2D eigenvalue weighted by Crippen LogP contribution is -2.54. The van der Waals surface area contributed by atoms with E-state index in [0.717, 1.165) is 39.1 Å². The first-order valence-corrected chi connectivity index (χ1v) is 10.7. The van der Waals surface area contributed by atoms with Crippen LogP contribution in [0.2, 0.25) is 0 Å². The van der Waals surface area contributed by atoms with Crippen molar-refractivity contribution in [2.45, 2.75) is 13.5 Å². The van der Waals surface area contributed by atoms with E-state index >= 15 is 0 Å². The van der Waals surface area contributed by atoms with Gasteiger partial charge >= 0.3 is 6.03 Å². The first-order valence-electron chi connectivity index (χ1n) is 10.7. The lowest BCUT2D eigenvalue weighted by atomic mass is 10.1. The Labute approximate surface area is 194 Å². The second-order valence-corrected chi connectivity index (χ2v) is 8.09. The third-order valence-corrected chi connectivity index (χ3v) is 5.91. The van der Waals surface area contributed by atoms with Crippen LogP contribution >= 0.6 is 0 Å². The van der Waals surface area contributed by atoms with Gasteiger partial charge in [-0.25, -0.2) is 14.1 Å². The van der Waals surface area contributed by atoms with Gasteiger partial charge < -0.3 is 4.57 Å². The summed E-state index contributed by atoms with van der Waals surface area (Å²) >= 11 is 0. The molecule has 1 aliphatic heterocycles. The molecular weight excluding hydrogens is 433 g/mol. The highest BCUT2D eigenvalue weighted by Gasteiger charge is 2.37. The molecule has 4 aromatic rings. The molecule has 1 N–H and O–H groups in total. The standard InChI is InChI=1S/C27H20FN3O3/c1-17-6-2-3-7-18(17)15-30-16-19(22-8-4-5-9-24(22)30)14-23-25(32)29-27(34)31(26(23)33)21-12-10-20(28)11-13-21/h2-14,16H,15H2,1H3,(H,29,32,34)/b23-14-. The lowest BCUT2D eigenvalue weighted by molar-refractivity contribution is -0.122. The van der Waals surface area contributed by atoms with Gasteiger partial charge in [0.2, 0.25) is 0 Å². The van der Waals surface area contributed by atoms with E-state index in [-0.39, 0.29) is 11.3 Å². The molecule has 0 unspecified atom stereocenters. The van der Waals surface area contributed by atoms with E-state index in [2.05, 4.69) is 28.9 Å². The number of barbiturate groups is 1. The number of imide groups is 2. The largest absolute Gasteiger partial charge is 0.342 e. The number of urea groups is 1. The van der Waals surface area contributed by atoms with Crippen molar-refractivity contribution < 1.29 is 18.8 Å². The summed E-state index contributed by atoms with van der Waals surface area (Å²) in [5.74, 6) is -2.04. The molecule has 0 bridgehead atoms. The Hall–Kier alpha value is -4.52. The van der Waals surface area contributed by atoms with Gasteiger partial charge in [0.1, 0.15) is 11.4 Å². The molecule has 0 aliphatic carbocycles. The number of aromatic nitrogens is 1. The Bertz CT molecular complexity index is 1480. The normalized spacial score (nSPS) is 15.3. The summed E-state index contributed by atoms with van der Waals surface area (Å²) in [5, 5.41) is 3.07. The fraction of sp³-hybridized carbons (Fsp3) is 0.0741. The van der Waals surface area contributed by atoms with E-state index in [1.165, 1.54) is 18.2 Å². The summed E-state index contributed by atoms with van der Waals surface area (Å²) in [6, 6.07) is 19.9. The number of hydrogen-bond donors (Lipinski definition) is 1. The van der Waals surface area contributed by atoms with E-state index in [9.17, 15) is 18.8 Å². The van der Waals surface area contributed by atoms with Crippen LogP contribution in [0.15, 0.2) is 84.6 Å². The first-order chi connectivity index (χ1) is 16.4. The summed E-state index contributed by atoms with van der Waals surface area (Å²) in [7, 11) is 0. The van der Waals surface area contributed by atoms with Gasteiger partial charge in [-0.05, 0) is 54.5 Å². The molecule has 1 saturated heterocycles. The van der Waals surface area contributed by atoms with Gasteiger partial charge in [0.15, 0.2) is 0 Å². The van der Waals surface area contributed by atoms with Crippen molar-refractivity contribution in [3.05, 3.63) is 107 Å². The van der Waals surface area contributed by atoms with Gasteiger partial charge in [0, 0.05) is 29.2 Å². The molecular formula is C27H20FN3O3. The van der Waals surface area contributed by atoms with E-state index in [0.29, 0.717) is 12.1 Å². The Balaban J connectivity index is 1.57. The number of anilines is 1. The molecule has 0 radical (unpaired) electrons. The molecule has 5 rings (SSSR count). The molecule has 0 spiro atoms. The van der Waals surface area contributed by atoms with E-state index in [1.54, 1.807) is 0 Å². The molecule has 34 heavy (non-hydrogen) atoms.